The lowest BCUT2D eigenvalue weighted by Crippen LogP contribution is -2.63. The molecule has 106 valence electrons. The first kappa shape index (κ1) is 15.7. The molecule has 0 spiro atoms. The van der Waals surface area contributed by atoms with Crippen LogP contribution in [0.4, 0.5) is 0 Å². The molecule has 0 aromatic rings. The first-order valence-corrected chi connectivity index (χ1v) is 9.60. The molecule has 4 nitrogen and oxygen atoms in total. The second-order valence-electron chi connectivity index (χ2n) is 6.74. The van der Waals surface area contributed by atoms with Crippen LogP contribution in [0.15, 0.2) is 0 Å². The predicted octanol–water partition coefficient (Wildman–Crippen LogP) is 1.89. The van der Waals surface area contributed by atoms with Crippen molar-refractivity contribution in [2.75, 3.05) is 6.61 Å². The second kappa shape index (κ2) is 5.31. The van der Waals surface area contributed by atoms with Crippen molar-refractivity contribution in [1.29, 1.82) is 0 Å². The highest BCUT2D eigenvalue weighted by Gasteiger charge is 2.46. The molecule has 5 heteroatoms. The molecule has 0 aromatic carbocycles. The summed E-state index contributed by atoms with van der Waals surface area (Å²) in [6.45, 7) is 13.1. The quantitative estimate of drug-likeness (QED) is 0.594. The summed E-state index contributed by atoms with van der Waals surface area (Å²) < 4.78 is 6.25. The van der Waals surface area contributed by atoms with E-state index in [-0.39, 0.29) is 35.6 Å². The van der Waals surface area contributed by atoms with E-state index in [0.717, 1.165) is 0 Å². The fourth-order valence-electron chi connectivity index (χ4n) is 2.10. The predicted molar refractivity (Wildman–Crippen MR) is 74.9 cm³/mol. The summed E-state index contributed by atoms with van der Waals surface area (Å²) in [5.41, 5.74) is 0. The summed E-state index contributed by atoms with van der Waals surface area (Å²) in [7, 11) is -1.84. The first-order chi connectivity index (χ1) is 8.10. The molecular formula is C13H27NO3Si. The van der Waals surface area contributed by atoms with Gasteiger partial charge in [-0.25, -0.2) is 0 Å². The molecule has 0 saturated carbocycles. The molecule has 1 saturated heterocycles. The summed E-state index contributed by atoms with van der Waals surface area (Å²) in [5.74, 6) is -0.0501. The van der Waals surface area contributed by atoms with Crippen LogP contribution in [-0.4, -0.2) is 38.1 Å². The number of rotatable bonds is 5. The van der Waals surface area contributed by atoms with Crippen molar-refractivity contribution in [3.63, 3.8) is 0 Å². The van der Waals surface area contributed by atoms with Crippen molar-refractivity contribution in [3.8, 4) is 0 Å². The Balaban J connectivity index is 2.65. The van der Waals surface area contributed by atoms with Crippen molar-refractivity contribution in [2.45, 2.75) is 64.4 Å². The summed E-state index contributed by atoms with van der Waals surface area (Å²) in [4.78, 5) is 11.6. The van der Waals surface area contributed by atoms with E-state index in [1.807, 2.05) is 6.92 Å². The van der Waals surface area contributed by atoms with Crippen LogP contribution in [0.5, 0.6) is 0 Å². The van der Waals surface area contributed by atoms with Crippen LogP contribution in [0.25, 0.3) is 0 Å². The van der Waals surface area contributed by atoms with Crippen LogP contribution in [0.2, 0.25) is 18.1 Å². The van der Waals surface area contributed by atoms with Crippen LogP contribution < -0.4 is 5.32 Å². The minimum Gasteiger partial charge on any atom is -0.413 e. The van der Waals surface area contributed by atoms with Crippen LogP contribution in [0.3, 0.4) is 0 Å². The van der Waals surface area contributed by atoms with Gasteiger partial charge in [0, 0.05) is 12.6 Å². The number of hydrogen-bond donors (Lipinski definition) is 2. The van der Waals surface area contributed by atoms with Gasteiger partial charge in [0.15, 0.2) is 8.32 Å². The average Bonchev–Trinajstić information content (AvgIpc) is 2.13. The molecule has 1 aliphatic rings. The third-order valence-electron chi connectivity index (χ3n) is 4.30. The summed E-state index contributed by atoms with van der Waals surface area (Å²) in [5, 5.41) is 11.9. The van der Waals surface area contributed by atoms with Gasteiger partial charge in [0.25, 0.3) is 0 Å². The number of amides is 1. The highest BCUT2D eigenvalue weighted by molar-refractivity contribution is 6.74. The minimum atomic E-state index is -1.84. The molecule has 1 fully saturated rings. The monoisotopic (exact) mass is 273 g/mol. The lowest BCUT2D eigenvalue weighted by molar-refractivity contribution is -0.140. The van der Waals surface area contributed by atoms with E-state index >= 15 is 0 Å². The van der Waals surface area contributed by atoms with E-state index in [0.29, 0.717) is 6.42 Å². The molecule has 1 aliphatic heterocycles. The van der Waals surface area contributed by atoms with Gasteiger partial charge in [-0.2, -0.15) is 0 Å². The molecular weight excluding hydrogens is 246 g/mol. The Morgan fingerprint density at radius 3 is 2.39 bits per heavy atom. The van der Waals surface area contributed by atoms with Crippen molar-refractivity contribution in [3.05, 3.63) is 0 Å². The standard InChI is InChI=1S/C13H27NO3Si/c1-9(17-18(5,6)13(2,3)4)11-10(7-8-15)14-12(11)16/h9-11,15H,7-8H2,1-6H3,(H,14,16)/t9-,10?,11?/m1/s1. The minimum absolute atomic E-state index is 0.0552. The van der Waals surface area contributed by atoms with Crippen LogP contribution in [0, 0.1) is 5.92 Å². The normalized spacial score (nSPS) is 26.5. The van der Waals surface area contributed by atoms with Crippen molar-refractivity contribution >= 4 is 14.2 Å². The van der Waals surface area contributed by atoms with Gasteiger partial charge in [-0.1, -0.05) is 20.8 Å². The molecule has 0 bridgehead atoms. The zero-order valence-corrected chi connectivity index (χ0v) is 13.4. The molecule has 1 rings (SSSR count). The fourth-order valence-corrected chi connectivity index (χ4v) is 3.53. The van der Waals surface area contributed by atoms with Gasteiger partial charge in [0.2, 0.25) is 5.91 Å². The Hall–Kier alpha value is -0.393. The number of aliphatic hydroxyl groups excluding tert-OH is 1. The maximum atomic E-state index is 11.6. The maximum Gasteiger partial charge on any atom is 0.228 e. The van der Waals surface area contributed by atoms with Gasteiger partial charge < -0.3 is 14.8 Å². The van der Waals surface area contributed by atoms with Crippen LogP contribution in [-0.2, 0) is 9.22 Å². The summed E-state index contributed by atoms with van der Waals surface area (Å²) in [6.07, 6.45) is 0.540. The Labute approximate surface area is 111 Å². The molecule has 1 amide bonds. The van der Waals surface area contributed by atoms with Gasteiger partial charge in [-0.15, -0.1) is 0 Å². The molecule has 2 N–H and O–H groups in total. The SMILES string of the molecule is C[C@@H](O[Si](C)(C)C(C)(C)C)C1C(=O)NC1CCO. The highest BCUT2D eigenvalue weighted by atomic mass is 28.4. The van der Waals surface area contributed by atoms with E-state index in [1.165, 1.54) is 0 Å². The van der Waals surface area contributed by atoms with Crippen LogP contribution >= 0.6 is 0 Å². The van der Waals surface area contributed by atoms with Gasteiger partial charge >= 0.3 is 0 Å². The molecule has 0 aliphatic carbocycles. The Morgan fingerprint density at radius 1 is 1.44 bits per heavy atom. The summed E-state index contributed by atoms with van der Waals surface area (Å²) in [6, 6.07) is 0.0715. The van der Waals surface area contributed by atoms with E-state index < -0.39 is 8.32 Å². The highest BCUT2D eigenvalue weighted by Crippen LogP contribution is 2.39. The number of aliphatic hydroxyl groups is 1. The molecule has 0 aromatic heterocycles. The number of β-lactam (4-membered cyclic amide) rings is 1. The van der Waals surface area contributed by atoms with E-state index in [9.17, 15) is 4.79 Å². The Bertz CT molecular complexity index is 312. The molecule has 1 heterocycles. The lowest BCUT2D eigenvalue weighted by Gasteiger charge is -2.45. The van der Waals surface area contributed by atoms with Gasteiger partial charge in [-0.3, -0.25) is 4.79 Å². The molecule has 2 unspecified atom stereocenters. The van der Waals surface area contributed by atoms with Gasteiger partial charge in [0.1, 0.15) is 0 Å². The Kier molecular flexibility index (Phi) is 4.62. The van der Waals surface area contributed by atoms with Crippen molar-refractivity contribution in [1.82, 2.24) is 5.32 Å². The van der Waals surface area contributed by atoms with Crippen molar-refractivity contribution < 1.29 is 14.3 Å². The van der Waals surface area contributed by atoms with E-state index in [1.54, 1.807) is 0 Å². The number of hydrogen-bond acceptors (Lipinski definition) is 3. The van der Waals surface area contributed by atoms with Gasteiger partial charge in [0.05, 0.1) is 12.0 Å². The smallest absolute Gasteiger partial charge is 0.228 e. The molecule has 0 radical (unpaired) electrons. The molecule has 18 heavy (non-hydrogen) atoms. The first-order valence-electron chi connectivity index (χ1n) is 6.69. The fraction of sp³-hybridized carbons (Fsp3) is 0.923. The average molecular weight is 273 g/mol. The van der Waals surface area contributed by atoms with E-state index in [2.05, 4.69) is 39.2 Å². The lowest BCUT2D eigenvalue weighted by atomic mass is 9.84. The third-order valence-corrected chi connectivity index (χ3v) is 8.87. The maximum absolute atomic E-state index is 11.6. The Morgan fingerprint density at radius 2 is 2.00 bits per heavy atom. The number of carbonyl (C=O) groups is 1. The van der Waals surface area contributed by atoms with Crippen LogP contribution in [0.1, 0.15) is 34.1 Å². The van der Waals surface area contributed by atoms with Crippen molar-refractivity contribution in [2.24, 2.45) is 5.92 Å². The third kappa shape index (κ3) is 3.13. The largest absolute Gasteiger partial charge is 0.413 e. The topological polar surface area (TPSA) is 58.6 Å². The van der Waals surface area contributed by atoms with Gasteiger partial charge in [-0.05, 0) is 31.5 Å². The second-order valence-corrected chi connectivity index (χ2v) is 11.5. The zero-order chi connectivity index (χ0) is 14.1. The summed E-state index contributed by atoms with van der Waals surface area (Å²) >= 11 is 0. The molecule has 3 atom stereocenters. The number of nitrogens with one attached hydrogen (secondary N) is 1. The number of carbonyl (C=O) groups excluding carboxylic acids is 1. The zero-order valence-electron chi connectivity index (χ0n) is 12.4. The van der Waals surface area contributed by atoms with E-state index in [4.69, 9.17) is 9.53 Å².